The van der Waals surface area contributed by atoms with Crippen LogP contribution in [-0.4, -0.2) is 36.5 Å². The largest absolute Gasteiger partial charge is 0.490 e. The first-order chi connectivity index (χ1) is 16.0. The highest BCUT2D eigenvalue weighted by Crippen LogP contribution is 2.38. The number of carbonyl (C=O) groups excluding carboxylic acids is 2. The molecule has 4 rings (SSSR count). The van der Waals surface area contributed by atoms with E-state index < -0.39 is 6.04 Å². The molecule has 0 aromatic heterocycles. The number of carbonyl (C=O) groups is 2. The third-order valence-corrected chi connectivity index (χ3v) is 5.61. The van der Waals surface area contributed by atoms with E-state index in [4.69, 9.17) is 21.1 Å². The third-order valence-electron chi connectivity index (χ3n) is 5.37. The van der Waals surface area contributed by atoms with Crippen LogP contribution in [0.3, 0.4) is 0 Å². The fourth-order valence-corrected chi connectivity index (χ4v) is 4.19. The third kappa shape index (κ3) is 4.81. The maximum atomic E-state index is 13.8. The molecule has 0 unspecified atom stereocenters. The van der Waals surface area contributed by atoms with Crippen LogP contribution in [0.25, 0.3) is 0 Å². The van der Waals surface area contributed by atoms with Crippen LogP contribution in [0.1, 0.15) is 41.4 Å². The number of ether oxygens (including phenoxy) is 2. The second-order valence-corrected chi connectivity index (χ2v) is 7.99. The molecule has 0 fully saturated rings. The van der Waals surface area contributed by atoms with Crippen molar-refractivity contribution < 1.29 is 19.1 Å². The highest BCUT2D eigenvalue weighted by Gasteiger charge is 2.34. The summed E-state index contributed by atoms with van der Waals surface area (Å²) in [7, 11) is 0. The van der Waals surface area contributed by atoms with Crippen molar-refractivity contribution in [1.29, 1.82) is 0 Å². The molecule has 2 amide bonds. The lowest BCUT2D eigenvalue weighted by Crippen LogP contribution is -2.39. The highest BCUT2D eigenvalue weighted by molar-refractivity contribution is 6.30. The predicted octanol–water partition coefficient (Wildman–Crippen LogP) is 5.32. The van der Waals surface area contributed by atoms with Gasteiger partial charge >= 0.3 is 0 Å². The molecule has 1 atom stereocenters. The first kappa shape index (κ1) is 22.7. The van der Waals surface area contributed by atoms with E-state index in [9.17, 15) is 9.59 Å². The molecule has 1 N–H and O–H groups in total. The molecule has 0 saturated heterocycles. The molecule has 0 saturated carbocycles. The Morgan fingerprint density at radius 1 is 1.00 bits per heavy atom. The van der Waals surface area contributed by atoms with Crippen LogP contribution in [0.4, 0.5) is 5.69 Å². The molecule has 0 bridgehead atoms. The van der Waals surface area contributed by atoms with Crippen molar-refractivity contribution in [2.24, 2.45) is 0 Å². The normalized spacial score (nSPS) is 15.3. The molecule has 0 aliphatic carbocycles. The van der Waals surface area contributed by atoms with Crippen LogP contribution in [0.5, 0.6) is 11.5 Å². The second-order valence-electron chi connectivity index (χ2n) is 7.55. The van der Waals surface area contributed by atoms with Gasteiger partial charge in [-0.2, -0.15) is 0 Å². The number of amides is 2. The highest BCUT2D eigenvalue weighted by atomic mass is 35.5. The van der Waals surface area contributed by atoms with Crippen molar-refractivity contribution in [3.8, 4) is 11.5 Å². The lowest BCUT2D eigenvalue weighted by atomic mass is 9.95. The Balaban J connectivity index is 1.82. The van der Waals surface area contributed by atoms with Crippen LogP contribution in [0, 0.1) is 0 Å². The van der Waals surface area contributed by atoms with Gasteiger partial charge in [0.1, 0.15) is 6.54 Å². The zero-order valence-electron chi connectivity index (χ0n) is 18.5. The molecule has 0 spiro atoms. The van der Waals surface area contributed by atoms with Crippen LogP contribution in [0.15, 0.2) is 66.7 Å². The Morgan fingerprint density at radius 3 is 2.45 bits per heavy atom. The summed E-state index contributed by atoms with van der Waals surface area (Å²) < 4.78 is 11.3. The van der Waals surface area contributed by atoms with Gasteiger partial charge in [-0.1, -0.05) is 41.9 Å². The maximum absolute atomic E-state index is 13.8. The molecule has 7 heteroatoms. The lowest BCUT2D eigenvalue weighted by Gasteiger charge is -2.31. The Morgan fingerprint density at radius 2 is 1.73 bits per heavy atom. The minimum absolute atomic E-state index is 0.109. The Labute approximate surface area is 198 Å². The predicted molar refractivity (Wildman–Crippen MR) is 128 cm³/mol. The van der Waals surface area contributed by atoms with Crippen molar-refractivity contribution in [2.75, 3.05) is 25.1 Å². The summed E-state index contributed by atoms with van der Waals surface area (Å²) in [6.45, 7) is 4.56. The van der Waals surface area contributed by atoms with Crippen molar-refractivity contribution in [2.45, 2.75) is 19.9 Å². The van der Waals surface area contributed by atoms with Crippen LogP contribution >= 0.6 is 11.6 Å². The average Bonchev–Trinajstić information content (AvgIpc) is 2.96. The van der Waals surface area contributed by atoms with Crippen LogP contribution < -0.4 is 14.8 Å². The molecule has 6 nitrogen and oxygen atoms in total. The summed E-state index contributed by atoms with van der Waals surface area (Å²) in [5.74, 6) is 0.488. The van der Waals surface area contributed by atoms with Gasteiger partial charge in [-0.25, -0.2) is 0 Å². The van der Waals surface area contributed by atoms with E-state index in [0.29, 0.717) is 41.0 Å². The summed E-state index contributed by atoms with van der Waals surface area (Å²) in [6.07, 6.45) is 0. The second kappa shape index (κ2) is 9.96. The maximum Gasteiger partial charge on any atom is 0.255 e. The van der Waals surface area contributed by atoms with E-state index in [2.05, 4.69) is 5.32 Å². The van der Waals surface area contributed by atoms with Gasteiger partial charge in [-0.15, -0.1) is 0 Å². The van der Waals surface area contributed by atoms with E-state index >= 15 is 0 Å². The molecule has 0 radical (unpaired) electrons. The van der Waals surface area contributed by atoms with Gasteiger partial charge in [0.05, 0.1) is 19.3 Å². The lowest BCUT2D eigenvalue weighted by molar-refractivity contribution is -0.117. The van der Waals surface area contributed by atoms with Crippen LogP contribution in [0.2, 0.25) is 5.02 Å². The number of nitrogens with zero attached hydrogens (tertiary/aromatic N) is 1. The fraction of sp³-hybridized carbons (Fsp3) is 0.231. The summed E-state index contributed by atoms with van der Waals surface area (Å²) in [4.78, 5) is 28.2. The number of hydrogen-bond donors (Lipinski definition) is 1. The van der Waals surface area contributed by atoms with Crippen LogP contribution in [-0.2, 0) is 4.79 Å². The number of anilines is 1. The van der Waals surface area contributed by atoms with Gasteiger partial charge in [-0.3, -0.25) is 9.59 Å². The molecule has 170 valence electrons. The van der Waals surface area contributed by atoms with E-state index in [0.717, 1.165) is 11.1 Å². The minimum Gasteiger partial charge on any atom is -0.490 e. The topological polar surface area (TPSA) is 67.9 Å². The van der Waals surface area contributed by atoms with Gasteiger partial charge in [0.15, 0.2) is 11.5 Å². The molecule has 1 aliphatic heterocycles. The number of benzene rings is 3. The monoisotopic (exact) mass is 464 g/mol. The number of hydrogen-bond acceptors (Lipinski definition) is 4. The molecule has 3 aromatic carbocycles. The van der Waals surface area contributed by atoms with Crippen molar-refractivity contribution >= 4 is 29.1 Å². The molecular weight excluding hydrogens is 440 g/mol. The summed E-state index contributed by atoms with van der Waals surface area (Å²) in [5, 5.41) is 3.43. The first-order valence-corrected chi connectivity index (χ1v) is 11.2. The summed E-state index contributed by atoms with van der Waals surface area (Å²) in [6, 6.07) is 19.5. The first-order valence-electron chi connectivity index (χ1n) is 10.9. The van der Waals surface area contributed by atoms with Crippen molar-refractivity contribution in [3.63, 3.8) is 0 Å². The quantitative estimate of drug-likeness (QED) is 0.536. The standard InChI is InChI=1S/C26H25ClN2O4/c1-3-32-22-13-10-18(14-23(22)33-4-2)26(31)29-16-24(30)28-21-12-11-19(27)15-20(21)25(29)17-8-6-5-7-9-17/h5-15,25H,3-4,16H2,1-2H3,(H,28,30)/t25-/m0/s1. The Hall–Kier alpha value is -3.51. The zero-order valence-corrected chi connectivity index (χ0v) is 19.3. The van der Waals surface area contributed by atoms with Gasteiger partial charge in [0.2, 0.25) is 5.91 Å². The number of rotatable bonds is 6. The van der Waals surface area contributed by atoms with Crippen molar-refractivity contribution in [1.82, 2.24) is 4.90 Å². The summed E-state index contributed by atoms with van der Waals surface area (Å²) >= 11 is 6.32. The van der Waals surface area contributed by atoms with Gasteiger partial charge in [0.25, 0.3) is 5.91 Å². The van der Waals surface area contributed by atoms with Gasteiger partial charge in [0, 0.05) is 21.8 Å². The number of nitrogens with one attached hydrogen (secondary N) is 1. The number of fused-ring (bicyclic) bond motifs is 1. The van der Waals surface area contributed by atoms with E-state index in [1.54, 1.807) is 41.3 Å². The van der Waals surface area contributed by atoms with Crippen molar-refractivity contribution in [3.05, 3.63) is 88.4 Å². The molecule has 33 heavy (non-hydrogen) atoms. The van der Waals surface area contributed by atoms with E-state index in [1.807, 2.05) is 44.2 Å². The Kier molecular flexibility index (Phi) is 6.84. The SMILES string of the molecule is CCOc1ccc(C(=O)N2CC(=O)Nc3ccc(Cl)cc3[C@@H]2c2ccccc2)cc1OCC. The van der Waals surface area contributed by atoms with E-state index in [1.165, 1.54) is 0 Å². The Bertz CT molecular complexity index is 1170. The van der Waals surface area contributed by atoms with Gasteiger partial charge < -0.3 is 19.7 Å². The van der Waals surface area contributed by atoms with Gasteiger partial charge in [-0.05, 0) is 55.8 Å². The number of halogens is 1. The molecule has 1 heterocycles. The average molecular weight is 465 g/mol. The molecule has 1 aliphatic rings. The fourth-order valence-electron chi connectivity index (χ4n) is 4.01. The minimum atomic E-state index is -0.506. The smallest absolute Gasteiger partial charge is 0.255 e. The zero-order chi connectivity index (χ0) is 23.4. The molecule has 3 aromatic rings. The molecular formula is C26H25ClN2O4. The summed E-state index contributed by atoms with van der Waals surface area (Å²) in [5.41, 5.74) is 2.67. The van der Waals surface area contributed by atoms with E-state index in [-0.39, 0.29) is 18.4 Å².